The van der Waals surface area contributed by atoms with Crippen molar-refractivity contribution in [1.82, 2.24) is 9.80 Å². The van der Waals surface area contributed by atoms with Crippen LogP contribution in [0.1, 0.15) is 42.9 Å². The molecule has 1 amide bonds. The molecule has 1 saturated heterocycles. The van der Waals surface area contributed by atoms with Crippen molar-refractivity contribution >= 4 is 11.9 Å². The van der Waals surface area contributed by atoms with Crippen LogP contribution in [0, 0.1) is 0 Å². The maximum atomic E-state index is 13.9. The lowest BCUT2D eigenvalue weighted by molar-refractivity contribution is -0.145. The van der Waals surface area contributed by atoms with E-state index in [0.29, 0.717) is 51.3 Å². The molecule has 7 nitrogen and oxygen atoms in total. The molecule has 0 atom stereocenters. The molecule has 0 aromatic heterocycles. The van der Waals surface area contributed by atoms with Gasteiger partial charge in [-0.15, -0.1) is 0 Å². The summed E-state index contributed by atoms with van der Waals surface area (Å²) in [6.45, 7) is 3.99. The lowest BCUT2D eigenvalue weighted by atomic mass is 9.70. The van der Waals surface area contributed by atoms with Gasteiger partial charge in [-0.3, -0.25) is 4.79 Å². The fourth-order valence-electron chi connectivity index (χ4n) is 5.62. The molecule has 0 unspecified atom stereocenters. The second-order valence-corrected chi connectivity index (χ2v) is 10.6. The number of hydrogen-bond acceptors (Lipinski definition) is 6. The number of ether oxygens (including phenoxy) is 2. The number of esters is 1. The second kappa shape index (κ2) is 13.1. The van der Waals surface area contributed by atoms with Crippen LogP contribution in [0.25, 0.3) is 0 Å². The van der Waals surface area contributed by atoms with Crippen molar-refractivity contribution in [1.29, 1.82) is 0 Å². The number of carbonyl (C=O) groups is 2. The number of hydrogen-bond donors (Lipinski definition) is 1. The Balaban J connectivity index is 1.48. The van der Waals surface area contributed by atoms with Crippen LogP contribution in [0.3, 0.4) is 0 Å². The van der Waals surface area contributed by atoms with E-state index in [9.17, 15) is 14.7 Å². The molecule has 0 radical (unpaired) electrons. The minimum atomic E-state index is -0.991. The molecular weight excluding hydrogens is 504 g/mol. The lowest BCUT2D eigenvalue weighted by Crippen LogP contribution is -2.48. The maximum Gasteiger partial charge on any atom is 0.344 e. The number of carbonyl (C=O) groups excluding carboxylic acids is 2. The van der Waals surface area contributed by atoms with Crippen molar-refractivity contribution in [3.63, 3.8) is 0 Å². The van der Waals surface area contributed by atoms with Crippen LogP contribution in [0.2, 0.25) is 0 Å². The van der Waals surface area contributed by atoms with E-state index in [1.165, 1.54) is 0 Å². The summed E-state index contributed by atoms with van der Waals surface area (Å²) in [4.78, 5) is 29.6. The summed E-state index contributed by atoms with van der Waals surface area (Å²) in [7, 11) is 3.63. The van der Waals surface area contributed by atoms with Gasteiger partial charge in [-0.25, -0.2) is 4.79 Å². The van der Waals surface area contributed by atoms with Crippen LogP contribution in [-0.4, -0.2) is 73.7 Å². The molecule has 0 aliphatic carbocycles. The summed E-state index contributed by atoms with van der Waals surface area (Å²) in [6.07, 6.45) is 1.73. The van der Waals surface area contributed by atoms with Crippen LogP contribution in [0.5, 0.6) is 5.75 Å². The van der Waals surface area contributed by atoms with Crippen LogP contribution in [0.4, 0.5) is 0 Å². The zero-order valence-electron chi connectivity index (χ0n) is 23.7. The Morgan fingerprint density at radius 1 is 0.925 bits per heavy atom. The normalized spacial score (nSPS) is 15.3. The largest absolute Gasteiger partial charge is 0.482 e. The molecular formula is C33H40N2O5. The standard InChI is InChI=1S/C33H40N2O5/c1-4-39-30(36)25-40-29-17-11-16-28(24-29)32(38)18-21-35(22-19-32)23-20-33(31(37)34(2)3,26-12-7-5-8-13-26)27-14-9-6-10-15-27/h5-17,24,38H,4,18-23,25H2,1-3H3. The van der Waals surface area contributed by atoms with Crippen LogP contribution in [0.15, 0.2) is 84.9 Å². The average Bonchev–Trinajstić information content (AvgIpc) is 2.98. The highest BCUT2D eigenvalue weighted by Crippen LogP contribution is 2.39. The zero-order chi connectivity index (χ0) is 28.6. The molecule has 1 aliphatic rings. The third-order valence-corrected chi connectivity index (χ3v) is 7.82. The highest BCUT2D eigenvalue weighted by Gasteiger charge is 2.43. The summed E-state index contributed by atoms with van der Waals surface area (Å²) >= 11 is 0. The van der Waals surface area contributed by atoms with Crippen molar-refractivity contribution in [3.05, 3.63) is 102 Å². The summed E-state index contributed by atoms with van der Waals surface area (Å²) in [5, 5.41) is 11.6. The Morgan fingerprint density at radius 3 is 2.08 bits per heavy atom. The number of benzene rings is 3. The van der Waals surface area contributed by atoms with E-state index in [-0.39, 0.29) is 12.5 Å². The molecule has 4 rings (SSSR count). The van der Waals surface area contributed by atoms with Gasteiger partial charge in [-0.1, -0.05) is 72.8 Å². The van der Waals surface area contributed by atoms with Crippen LogP contribution < -0.4 is 4.74 Å². The molecule has 1 heterocycles. The molecule has 1 N–H and O–H groups in total. The topological polar surface area (TPSA) is 79.3 Å². The van der Waals surface area contributed by atoms with Crippen LogP contribution in [-0.2, 0) is 25.3 Å². The van der Waals surface area contributed by atoms with Crippen molar-refractivity contribution in [3.8, 4) is 5.75 Å². The number of amides is 1. The van der Waals surface area contributed by atoms with Crippen molar-refractivity contribution < 1.29 is 24.2 Å². The molecule has 1 aliphatic heterocycles. The summed E-state index contributed by atoms with van der Waals surface area (Å²) in [6, 6.07) is 27.4. The number of piperidine rings is 1. The zero-order valence-corrected chi connectivity index (χ0v) is 23.7. The third kappa shape index (κ3) is 6.54. The monoisotopic (exact) mass is 544 g/mol. The van der Waals surface area contributed by atoms with Gasteiger partial charge in [0.15, 0.2) is 6.61 Å². The first-order valence-electron chi connectivity index (χ1n) is 13.9. The second-order valence-electron chi connectivity index (χ2n) is 10.6. The van der Waals surface area contributed by atoms with Gasteiger partial charge in [-0.2, -0.15) is 0 Å². The summed E-state index contributed by atoms with van der Waals surface area (Å²) in [5.41, 5.74) is 0.930. The molecule has 3 aromatic carbocycles. The molecule has 212 valence electrons. The van der Waals surface area contributed by atoms with Gasteiger partial charge in [0, 0.05) is 27.2 Å². The molecule has 0 bridgehead atoms. The Hall–Kier alpha value is -3.68. The summed E-state index contributed by atoms with van der Waals surface area (Å²) in [5.74, 6) is 0.159. The van der Waals surface area contributed by atoms with Gasteiger partial charge in [0.05, 0.1) is 12.2 Å². The fourth-order valence-corrected chi connectivity index (χ4v) is 5.62. The molecule has 7 heteroatoms. The smallest absolute Gasteiger partial charge is 0.344 e. The van der Waals surface area contributed by atoms with Crippen molar-refractivity contribution in [2.45, 2.75) is 37.2 Å². The highest BCUT2D eigenvalue weighted by molar-refractivity contribution is 5.92. The Kier molecular flexibility index (Phi) is 9.61. The molecule has 1 fully saturated rings. The number of likely N-dealkylation sites (N-methyl/N-ethyl adjacent to an activating group) is 1. The van der Waals surface area contributed by atoms with Crippen molar-refractivity contribution in [2.24, 2.45) is 0 Å². The lowest BCUT2D eigenvalue weighted by Gasteiger charge is -2.41. The van der Waals surface area contributed by atoms with Gasteiger partial charge >= 0.3 is 5.97 Å². The van der Waals surface area contributed by atoms with E-state index in [4.69, 9.17) is 9.47 Å². The fraction of sp³-hybridized carbons (Fsp3) is 0.394. The maximum absolute atomic E-state index is 13.9. The quantitative estimate of drug-likeness (QED) is 0.361. The number of aliphatic hydroxyl groups is 1. The Morgan fingerprint density at radius 2 is 1.52 bits per heavy atom. The van der Waals surface area contributed by atoms with E-state index >= 15 is 0 Å². The summed E-state index contributed by atoms with van der Waals surface area (Å²) < 4.78 is 10.5. The molecule has 0 spiro atoms. The molecule has 40 heavy (non-hydrogen) atoms. The third-order valence-electron chi connectivity index (χ3n) is 7.82. The Bertz CT molecular complexity index is 1210. The van der Waals surface area contributed by atoms with Gasteiger partial charge < -0.3 is 24.4 Å². The minimum Gasteiger partial charge on any atom is -0.482 e. The molecule has 3 aromatic rings. The van der Waals surface area contributed by atoms with E-state index in [2.05, 4.69) is 4.90 Å². The van der Waals surface area contributed by atoms with Gasteiger partial charge in [0.2, 0.25) is 5.91 Å². The minimum absolute atomic E-state index is 0.0537. The first-order valence-corrected chi connectivity index (χ1v) is 13.9. The number of likely N-dealkylation sites (tertiary alicyclic amines) is 1. The van der Waals surface area contributed by atoms with Crippen LogP contribution >= 0.6 is 0 Å². The molecule has 0 saturated carbocycles. The van der Waals surface area contributed by atoms with E-state index in [0.717, 1.165) is 16.7 Å². The first kappa shape index (κ1) is 29.3. The highest BCUT2D eigenvalue weighted by atomic mass is 16.6. The number of rotatable bonds is 11. The predicted octanol–water partition coefficient (Wildman–Crippen LogP) is 4.38. The average molecular weight is 545 g/mol. The number of nitrogens with zero attached hydrogens (tertiary/aromatic N) is 2. The predicted molar refractivity (Wildman–Crippen MR) is 155 cm³/mol. The van der Waals surface area contributed by atoms with E-state index < -0.39 is 17.0 Å². The van der Waals surface area contributed by atoms with Gasteiger partial charge in [0.25, 0.3) is 0 Å². The Labute approximate surface area is 237 Å². The van der Waals surface area contributed by atoms with Crippen molar-refractivity contribution in [2.75, 3.05) is 46.9 Å². The van der Waals surface area contributed by atoms with Gasteiger partial charge in [0.1, 0.15) is 11.2 Å². The van der Waals surface area contributed by atoms with E-state index in [1.54, 1.807) is 24.0 Å². The van der Waals surface area contributed by atoms with E-state index in [1.807, 2.05) is 86.9 Å². The SMILES string of the molecule is CCOC(=O)COc1cccc(C2(O)CCN(CCC(C(=O)N(C)C)(c3ccccc3)c3ccccc3)CC2)c1. The first-order chi connectivity index (χ1) is 19.3. The van der Waals surface area contributed by atoms with Gasteiger partial charge in [-0.05, 0) is 61.6 Å².